The second kappa shape index (κ2) is 8.38. The smallest absolute Gasteiger partial charge is 0.392 e. The Balaban J connectivity index is 1.22. The molecule has 3 aromatic rings. The zero-order valence-corrected chi connectivity index (χ0v) is 18.4. The van der Waals surface area contributed by atoms with Crippen LogP contribution in [0.2, 0.25) is 0 Å². The average Bonchev–Trinajstić information content (AvgIpc) is 3.41. The van der Waals surface area contributed by atoms with Gasteiger partial charge in [-0.05, 0) is 55.1 Å². The maximum absolute atomic E-state index is 12.4. The van der Waals surface area contributed by atoms with Crippen LogP contribution in [0.4, 0.5) is 24.1 Å². The number of rotatable bonds is 7. The molecular formula is C20H24F3N7OS. The molecular weight excluding hydrogens is 443 g/mol. The second-order valence-corrected chi connectivity index (χ2v) is 9.29. The van der Waals surface area contributed by atoms with Crippen LogP contribution in [-0.4, -0.2) is 56.4 Å². The third-order valence-corrected chi connectivity index (χ3v) is 7.24. The molecule has 1 aliphatic carbocycles. The Morgan fingerprint density at radius 1 is 1.25 bits per heavy atom. The van der Waals surface area contributed by atoms with Crippen molar-refractivity contribution >= 4 is 28.1 Å². The Labute approximate surface area is 187 Å². The number of ether oxygens (including phenoxy) is 1. The van der Waals surface area contributed by atoms with Crippen molar-refractivity contribution in [3.05, 3.63) is 24.2 Å². The van der Waals surface area contributed by atoms with Gasteiger partial charge in [-0.15, -0.1) is 5.10 Å². The molecule has 12 heteroatoms. The van der Waals surface area contributed by atoms with E-state index in [0.717, 1.165) is 25.3 Å². The summed E-state index contributed by atoms with van der Waals surface area (Å²) in [6.07, 6.45) is 0.141. The van der Waals surface area contributed by atoms with Crippen molar-refractivity contribution in [2.75, 3.05) is 36.5 Å². The lowest BCUT2D eigenvalue weighted by Crippen LogP contribution is -2.44. The minimum absolute atomic E-state index is 0.0468. The van der Waals surface area contributed by atoms with Crippen LogP contribution >= 0.6 is 11.5 Å². The minimum Gasteiger partial charge on any atom is -0.475 e. The van der Waals surface area contributed by atoms with E-state index >= 15 is 0 Å². The van der Waals surface area contributed by atoms with Crippen molar-refractivity contribution in [2.45, 2.75) is 32.4 Å². The number of piperidine rings is 1. The van der Waals surface area contributed by atoms with Crippen molar-refractivity contribution in [3.8, 4) is 5.88 Å². The highest BCUT2D eigenvalue weighted by Gasteiger charge is 2.42. The van der Waals surface area contributed by atoms with Crippen LogP contribution in [0.3, 0.4) is 0 Å². The van der Waals surface area contributed by atoms with Gasteiger partial charge in [0.25, 0.3) is 5.88 Å². The summed E-state index contributed by atoms with van der Waals surface area (Å²) in [4.78, 5) is 10.9. The lowest BCUT2D eigenvalue weighted by atomic mass is 9.85. The van der Waals surface area contributed by atoms with Gasteiger partial charge in [-0.25, -0.2) is 9.50 Å². The molecule has 3 atom stereocenters. The van der Waals surface area contributed by atoms with E-state index in [-0.39, 0.29) is 5.88 Å². The number of anilines is 2. The van der Waals surface area contributed by atoms with E-state index in [4.69, 9.17) is 4.74 Å². The molecule has 32 heavy (non-hydrogen) atoms. The predicted molar refractivity (Wildman–Crippen MR) is 114 cm³/mol. The zero-order chi connectivity index (χ0) is 22.3. The number of alkyl halides is 3. The quantitative estimate of drug-likeness (QED) is 0.566. The van der Waals surface area contributed by atoms with E-state index in [1.54, 1.807) is 17.7 Å². The highest BCUT2D eigenvalue weighted by molar-refractivity contribution is 7.10. The summed E-state index contributed by atoms with van der Waals surface area (Å²) in [6, 6.07) is 2.16. The van der Waals surface area contributed by atoms with Crippen molar-refractivity contribution in [1.29, 1.82) is 0 Å². The number of aryl methyl sites for hydroxylation is 1. The van der Waals surface area contributed by atoms with Crippen molar-refractivity contribution in [3.63, 3.8) is 0 Å². The van der Waals surface area contributed by atoms with E-state index in [2.05, 4.69) is 35.7 Å². The van der Waals surface area contributed by atoms with Gasteiger partial charge < -0.3 is 15.0 Å². The number of fused-ring (bicyclic) bond motifs is 3. The van der Waals surface area contributed by atoms with E-state index < -0.39 is 19.2 Å². The normalized spacial score (nSPS) is 23.1. The van der Waals surface area contributed by atoms with Crippen molar-refractivity contribution in [2.24, 2.45) is 17.8 Å². The molecule has 5 rings (SSSR count). The summed E-state index contributed by atoms with van der Waals surface area (Å²) in [6.45, 7) is 4.34. The Hall–Kier alpha value is -2.63. The van der Waals surface area contributed by atoms with Crippen molar-refractivity contribution < 1.29 is 17.9 Å². The largest absolute Gasteiger partial charge is 0.475 e. The van der Waals surface area contributed by atoms with Gasteiger partial charge in [0.1, 0.15) is 5.00 Å². The lowest BCUT2D eigenvalue weighted by molar-refractivity contribution is -0.139. The molecule has 2 fully saturated rings. The first-order valence-electron chi connectivity index (χ1n) is 10.7. The van der Waals surface area contributed by atoms with Crippen LogP contribution in [0.15, 0.2) is 18.5 Å². The zero-order valence-electron chi connectivity index (χ0n) is 17.5. The van der Waals surface area contributed by atoms with Gasteiger partial charge >= 0.3 is 6.18 Å². The third kappa shape index (κ3) is 4.45. The fraction of sp³-hybridized carbons (Fsp3) is 0.600. The summed E-state index contributed by atoms with van der Waals surface area (Å²) in [7, 11) is 0. The van der Waals surface area contributed by atoms with E-state index in [1.807, 2.05) is 6.92 Å². The molecule has 0 spiro atoms. The molecule has 1 N–H and O–H groups in total. The number of hydrogen-bond donors (Lipinski definition) is 1. The van der Waals surface area contributed by atoms with Gasteiger partial charge in [0, 0.05) is 32.0 Å². The van der Waals surface area contributed by atoms with E-state index in [9.17, 15) is 13.2 Å². The molecule has 8 nitrogen and oxygen atoms in total. The minimum atomic E-state index is -4.28. The number of nitrogens with one attached hydrogen (secondary N) is 1. The molecule has 2 aliphatic rings. The lowest BCUT2D eigenvalue weighted by Gasteiger charge is -2.38. The fourth-order valence-electron chi connectivity index (χ4n) is 4.79. The molecule has 0 aromatic carbocycles. The fourth-order valence-corrected chi connectivity index (χ4v) is 5.57. The van der Waals surface area contributed by atoms with Gasteiger partial charge in [-0.2, -0.15) is 22.5 Å². The summed E-state index contributed by atoms with van der Waals surface area (Å²) >= 11 is 1.57. The number of nitrogens with zero attached hydrogens (tertiary/aromatic N) is 6. The summed E-state index contributed by atoms with van der Waals surface area (Å²) in [5.41, 5.74) is 1.37. The maximum atomic E-state index is 12.4. The second-order valence-electron chi connectivity index (χ2n) is 8.50. The molecule has 2 bridgehead atoms. The Kier molecular flexibility index (Phi) is 5.56. The predicted octanol–water partition coefficient (Wildman–Crippen LogP) is 3.79. The first-order valence-corrected chi connectivity index (χ1v) is 11.5. The number of hydrogen-bond acceptors (Lipinski definition) is 8. The van der Waals surface area contributed by atoms with E-state index in [1.165, 1.54) is 28.6 Å². The standard InChI is InChI=1S/C20H24F3N7OS/c1-12-8-16(32-28-12)29-10-13-2-3-14(11-29)15(13)9-25-19-26-17-18(24-5-6-30(17)27-19)31-7-4-20(21,22)23/h5-6,8,13-15H,2-4,7,9-11H2,1H3,(H,25,27)/t13-,14?,15?/m0/s1. The molecule has 1 saturated carbocycles. The van der Waals surface area contributed by atoms with Crippen LogP contribution in [0, 0.1) is 24.7 Å². The summed E-state index contributed by atoms with van der Waals surface area (Å²) in [5, 5.41) is 8.97. The van der Waals surface area contributed by atoms with Crippen LogP contribution in [-0.2, 0) is 0 Å². The molecule has 0 amide bonds. The van der Waals surface area contributed by atoms with Gasteiger partial charge in [0.15, 0.2) is 0 Å². The van der Waals surface area contributed by atoms with Crippen molar-refractivity contribution in [1.82, 2.24) is 24.0 Å². The van der Waals surface area contributed by atoms with Gasteiger partial charge in [0.2, 0.25) is 11.6 Å². The van der Waals surface area contributed by atoms with Crippen LogP contribution < -0.4 is 15.0 Å². The van der Waals surface area contributed by atoms with Crippen LogP contribution in [0.1, 0.15) is 25.0 Å². The SMILES string of the molecule is Cc1cc(N2CC3CC[C@@H](C2)C3CNc2nc3c(OCCC(F)(F)F)nccn3n2)sn1. The molecule has 1 aliphatic heterocycles. The topological polar surface area (TPSA) is 80.5 Å². The Morgan fingerprint density at radius 2 is 2.03 bits per heavy atom. The average molecular weight is 468 g/mol. The van der Waals surface area contributed by atoms with Gasteiger partial charge in [-0.1, -0.05) is 0 Å². The highest BCUT2D eigenvalue weighted by Crippen LogP contribution is 2.43. The molecule has 1 saturated heterocycles. The summed E-state index contributed by atoms with van der Waals surface area (Å²) in [5.74, 6) is 2.21. The van der Waals surface area contributed by atoms with Gasteiger partial charge in [0.05, 0.1) is 18.7 Å². The third-order valence-electron chi connectivity index (χ3n) is 6.30. The van der Waals surface area contributed by atoms with Crippen LogP contribution in [0.5, 0.6) is 5.88 Å². The molecule has 4 heterocycles. The Morgan fingerprint density at radius 3 is 2.72 bits per heavy atom. The van der Waals surface area contributed by atoms with Crippen LogP contribution in [0.25, 0.3) is 5.65 Å². The maximum Gasteiger partial charge on any atom is 0.392 e. The number of aromatic nitrogens is 5. The highest BCUT2D eigenvalue weighted by atomic mass is 32.1. The first-order chi connectivity index (χ1) is 15.4. The molecule has 172 valence electrons. The van der Waals surface area contributed by atoms with E-state index in [0.29, 0.717) is 29.3 Å². The Bertz CT molecular complexity index is 1070. The molecule has 0 radical (unpaired) electrons. The van der Waals surface area contributed by atoms with Gasteiger partial charge in [-0.3, -0.25) is 0 Å². The number of halogens is 3. The monoisotopic (exact) mass is 467 g/mol. The first kappa shape index (κ1) is 21.2. The molecule has 3 aromatic heterocycles. The summed E-state index contributed by atoms with van der Waals surface area (Å²) < 4.78 is 48.3. The molecule has 2 unspecified atom stereocenters.